The number of nitrogens with zero attached hydrogens (tertiary/aromatic N) is 1. The number of halogens is 1. The summed E-state index contributed by atoms with van der Waals surface area (Å²) >= 11 is 3.48. The lowest BCUT2D eigenvalue weighted by atomic mass is 10.1. The van der Waals surface area contributed by atoms with Gasteiger partial charge in [-0.15, -0.1) is 0 Å². The predicted octanol–water partition coefficient (Wildman–Crippen LogP) is 4.36. The van der Waals surface area contributed by atoms with Gasteiger partial charge in [-0.05, 0) is 42.3 Å². The van der Waals surface area contributed by atoms with Crippen molar-refractivity contribution < 1.29 is 0 Å². The highest BCUT2D eigenvalue weighted by molar-refractivity contribution is 9.10. The molecule has 0 saturated carbocycles. The Kier molecular flexibility index (Phi) is 3.92. The molecule has 0 saturated heterocycles. The van der Waals surface area contributed by atoms with Crippen molar-refractivity contribution in [1.82, 2.24) is 0 Å². The van der Waals surface area contributed by atoms with E-state index in [1.807, 2.05) is 25.2 Å². The zero-order valence-corrected chi connectivity index (χ0v) is 12.2. The van der Waals surface area contributed by atoms with Crippen molar-refractivity contribution in [2.75, 3.05) is 17.7 Å². The van der Waals surface area contributed by atoms with Crippen molar-refractivity contribution in [3.8, 4) is 0 Å². The molecule has 2 aromatic rings. The highest BCUT2D eigenvalue weighted by Gasteiger charge is 2.08. The van der Waals surface area contributed by atoms with Crippen LogP contribution in [-0.4, -0.2) is 7.05 Å². The van der Waals surface area contributed by atoms with Gasteiger partial charge in [0, 0.05) is 17.2 Å². The second-order valence-electron chi connectivity index (χ2n) is 4.28. The van der Waals surface area contributed by atoms with Gasteiger partial charge >= 0.3 is 0 Å². The van der Waals surface area contributed by atoms with Crippen LogP contribution in [0.15, 0.2) is 46.9 Å². The quantitative estimate of drug-likeness (QED) is 0.854. The summed E-state index contributed by atoms with van der Waals surface area (Å²) < 4.78 is 1.03. The van der Waals surface area contributed by atoms with Crippen LogP contribution in [0, 0.1) is 0 Å². The molecule has 2 N–H and O–H groups in total. The third kappa shape index (κ3) is 2.67. The first kappa shape index (κ1) is 13.0. The maximum atomic E-state index is 6.02. The van der Waals surface area contributed by atoms with Crippen LogP contribution in [0.4, 0.5) is 17.1 Å². The maximum absolute atomic E-state index is 6.02. The van der Waals surface area contributed by atoms with E-state index in [2.05, 4.69) is 52.0 Å². The van der Waals surface area contributed by atoms with Gasteiger partial charge in [0.15, 0.2) is 0 Å². The summed E-state index contributed by atoms with van der Waals surface area (Å²) in [7, 11) is 2.03. The van der Waals surface area contributed by atoms with Crippen LogP contribution in [-0.2, 0) is 6.42 Å². The molecule has 2 nitrogen and oxygen atoms in total. The third-order valence-electron chi connectivity index (χ3n) is 3.09. The number of aryl methyl sites for hydroxylation is 1. The summed E-state index contributed by atoms with van der Waals surface area (Å²) in [6, 6.07) is 14.4. The minimum absolute atomic E-state index is 0.778. The SMILES string of the molecule is CCc1ccc(N(C)c2cc(Br)ccc2N)cc1. The molecule has 0 aliphatic carbocycles. The molecule has 2 rings (SSSR count). The number of nitrogens with two attached hydrogens (primary N) is 1. The Morgan fingerprint density at radius 3 is 2.39 bits per heavy atom. The number of nitrogen functional groups attached to an aromatic ring is 1. The van der Waals surface area contributed by atoms with Gasteiger partial charge in [-0.2, -0.15) is 0 Å². The Bertz CT molecular complexity index is 535. The fourth-order valence-corrected chi connectivity index (χ4v) is 2.25. The average molecular weight is 305 g/mol. The number of hydrogen-bond acceptors (Lipinski definition) is 2. The largest absolute Gasteiger partial charge is 0.397 e. The van der Waals surface area contributed by atoms with Gasteiger partial charge in [-0.1, -0.05) is 35.0 Å². The summed E-state index contributed by atoms with van der Waals surface area (Å²) in [6.07, 6.45) is 1.06. The number of rotatable bonds is 3. The van der Waals surface area contributed by atoms with Gasteiger partial charge in [0.2, 0.25) is 0 Å². The van der Waals surface area contributed by atoms with Gasteiger partial charge < -0.3 is 10.6 Å². The molecule has 0 bridgehead atoms. The fourth-order valence-electron chi connectivity index (χ4n) is 1.90. The summed E-state index contributed by atoms with van der Waals surface area (Å²) in [5.41, 5.74) is 10.3. The first-order chi connectivity index (χ1) is 8.61. The molecule has 18 heavy (non-hydrogen) atoms. The first-order valence-corrected chi connectivity index (χ1v) is 6.79. The van der Waals surface area contributed by atoms with Crippen LogP contribution in [0.5, 0.6) is 0 Å². The van der Waals surface area contributed by atoms with Crippen molar-refractivity contribution >= 4 is 33.0 Å². The molecule has 0 amide bonds. The Labute approximate surface area is 117 Å². The van der Waals surface area contributed by atoms with Gasteiger partial charge in [-0.25, -0.2) is 0 Å². The van der Waals surface area contributed by atoms with E-state index in [1.165, 1.54) is 5.56 Å². The molecule has 0 spiro atoms. The smallest absolute Gasteiger partial charge is 0.0653 e. The molecule has 0 aliphatic rings. The lowest BCUT2D eigenvalue weighted by molar-refractivity contribution is 1.13. The van der Waals surface area contributed by atoms with Crippen LogP contribution >= 0.6 is 15.9 Å². The molecule has 0 radical (unpaired) electrons. The van der Waals surface area contributed by atoms with Gasteiger partial charge in [0.05, 0.1) is 11.4 Å². The lowest BCUT2D eigenvalue weighted by Gasteiger charge is -2.21. The Balaban J connectivity index is 2.34. The van der Waals surface area contributed by atoms with Crippen molar-refractivity contribution in [1.29, 1.82) is 0 Å². The zero-order chi connectivity index (χ0) is 13.1. The Morgan fingerprint density at radius 1 is 1.11 bits per heavy atom. The molecule has 2 aromatic carbocycles. The molecule has 0 aliphatic heterocycles. The normalized spacial score (nSPS) is 10.4. The fraction of sp³-hybridized carbons (Fsp3) is 0.200. The van der Waals surface area contributed by atoms with E-state index >= 15 is 0 Å². The number of benzene rings is 2. The second-order valence-corrected chi connectivity index (χ2v) is 5.20. The minimum atomic E-state index is 0.778. The Morgan fingerprint density at radius 2 is 1.78 bits per heavy atom. The molecule has 0 aromatic heterocycles. The van der Waals surface area contributed by atoms with Crippen LogP contribution in [0.25, 0.3) is 0 Å². The topological polar surface area (TPSA) is 29.3 Å². The highest BCUT2D eigenvalue weighted by atomic mass is 79.9. The monoisotopic (exact) mass is 304 g/mol. The van der Waals surface area contributed by atoms with Gasteiger partial charge in [-0.3, -0.25) is 0 Å². The first-order valence-electron chi connectivity index (χ1n) is 5.99. The zero-order valence-electron chi connectivity index (χ0n) is 10.7. The van der Waals surface area contributed by atoms with E-state index in [0.29, 0.717) is 0 Å². The summed E-state index contributed by atoms with van der Waals surface area (Å²) in [4.78, 5) is 2.10. The average Bonchev–Trinajstić information content (AvgIpc) is 2.41. The molecular weight excluding hydrogens is 288 g/mol. The molecular formula is C15H17BrN2. The van der Waals surface area contributed by atoms with E-state index in [4.69, 9.17) is 5.73 Å². The summed E-state index contributed by atoms with van der Waals surface area (Å²) in [5.74, 6) is 0. The molecule has 0 heterocycles. The number of hydrogen-bond donors (Lipinski definition) is 1. The van der Waals surface area contributed by atoms with E-state index in [9.17, 15) is 0 Å². The van der Waals surface area contributed by atoms with Crippen molar-refractivity contribution in [3.63, 3.8) is 0 Å². The summed E-state index contributed by atoms with van der Waals surface area (Å²) in [6.45, 7) is 2.16. The highest BCUT2D eigenvalue weighted by Crippen LogP contribution is 2.31. The van der Waals surface area contributed by atoms with Crippen molar-refractivity contribution in [2.45, 2.75) is 13.3 Å². The molecule has 0 unspecified atom stereocenters. The van der Waals surface area contributed by atoms with Crippen molar-refractivity contribution in [2.24, 2.45) is 0 Å². The number of anilines is 3. The summed E-state index contributed by atoms with van der Waals surface area (Å²) in [5, 5.41) is 0. The standard InChI is InChI=1S/C15H17BrN2/c1-3-11-4-7-13(8-5-11)18(2)15-10-12(16)6-9-14(15)17/h4-10H,3,17H2,1-2H3. The lowest BCUT2D eigenvalue weighted by Crippen LogP contribution is -2.11. The minimum Gasteiger partial charge on any atom is -0.397 e. The van der Waals surface area contributed by atoms with Crippen LogP contribution < -0.4 is 10.6 Å². The maximum Gasteiger partial charge on any atom is 0.0653 e. The van der Waals surface area contributed by atoms with Crippen molar-refractivity contribution in [3.05, 3.63) is 52.5 Å². The van der Waals surface area contributed by atoms with E-state index in [0.717, 1.165) is 28.0 Å². The van der Waals surface area contributed by atoms with Gasteiger partial charge in [0.25, 0.3) is 0 Å². The molecule has 3 heteroatoms. The van der Waals surface area contributed by atoms with Crippen LogP contribution in [0.2, 0.25) is 0 Å². The van der Waals surface area contributed by atoms with E-state index < -0.39 is 0 Å². The van der Waals surface area contributed by atoms with Crippen LogP contribution in [0.1, 0.15) is 12.5 Å². The molecule has 0 fully saturated rings. The van der Waals surface area contributed by atoms with E-state index in [-0.39, 0.29) is 0 Å². The van der Waals surface area contributed by atoms with Gasteiger partial charge in [0.1, 0.15) is 0 Å². The predicted molar refractivity (Wildman–Crippen MR) is 82.4 cm³/mol. The third-order valence-corrected chi connectivity index (χ3v) is 3.58. The van der Waals surface area contributed by atoms with Crippen LogP contribution in [0.3, 0.4) is 0 Å². The Hall–Kier alpha value is -1.48. The van der Waals surface area contributed by atoms with E-state index in [1.54, 1.807) is 0 Å². The molecule has 0 atom stereocenters. The molecule has 94 valence electrons. The second kappa shape index (κ2) is 5.44.